The van der Waals surface area contributed by atoms with Crippen molar-refractivity contribution in [2.75, 3.05) is 26.0 Å². The highest BCUT2D eigenvalue weighted by molar-refractivity contribution is 7.72. The van der Waals surface area contributed by atoms with Gasteiger partial charge >= 0.3 is 0 Å². The number of nitrogens with one attached hydrogen (secondary N) is 2. The van der Waals surface area contributed by atoms with Crippen molar-refractivity contribution in [1.29, 1.82) is 0 Å². The Kier molecular flexibility index (Phi) is 7.35. The molecule has 0 amide bonds. The highest BCUT2D eigenvalue weighted by Gasteiger charge is 2.43. The second kappa shape index (κ2) is 8.94. The molecule has 0 unspecified atom stereocenters. The Hall–Kier alpha value is -1.09. The highest BCUT2D eigenvalue weighted by atomic mass is 32.1. The number of H-pyrrole nitrogens is 1. The molecule has 4 atom stereocenters. The van der Waals surface area contributed by atoms with Crippen molar-refractivity contribution < 1.29 is 19.7 Å². The van der Waals surface area contributed by atoms with E-state index >= 15 is 0 Å². The van der Waals surface area contributed by atoms with E-state index in [9.17, 15) is 19.8 Å². The third-order valence-corrected chi connectivity index (χ3v) is 6.14. The van der Waals surface area contributed by atoms with Gasteiger partial charge in [0.25, 0.3) is 5.56 Å². The van der Waals surface area contributed by atoms with Gasteiger partial charge in [-0.2, -0.15) is 0 Å². The topological polar surface area (TPSA) is 117 Å². The van der Waals surface area contributed by atoms with Crippen molar-refractivity contribution in [1.82, 2.24) is 14.9 Å². The predicted octanol–water partition coefficient (Wildman–Crippen LogP) is 0.303. The SMILES string of the molecule is C=P(C)(C)CC[C@H]1O[C@@H](n2cc(CNCC(C)=O)c(=O)[nH]c2=S)[C@H](O)[C@@H]1O. The maximum absolute atomic E-state index is 12.1. The van der Waals surface area contributed by atoms with Crippen molar-refractivity contribution in [2.45, 2.75) is 44.4 Å². The number of aliphatic hydroxyl groups excluding tert-OH is 2. The quantitative estimate of drug-likeness (QED) is 0.355. The van der Waals surface area contributed by atoms with E-state index in [2.05, 4.69) is 29.9 Å². The van der Waals surface area contributed by atoms with Gasteiger partial charge in [-0.3, -0.25) is 19.1 Å². The maximum Gasteiger partial charge on any atom is 0.256 e. The summed E-state index contributed by atoms with van der Waals surface area (Å²) in [7, 11) is 0. The number of carbonyl (C=O) groups excluding carboxylic acids is 1. The molecule has 1 aliphatic heterocycles. The Balaban J connectivity index is 2.21. The van der Waals surface area contributed by atoms with Gasteiger partial charge in [-0.05, 0) is 45.1 Å². The zero-order valence-electron chi connectivity index (χ0n) is 15.8. The Morgan fingerprint density at radius 2 is 2.11 bits per heavy atom. The van der Waals surface area contributed by atoms with Crippen LogP contribution in [0.5, 0.6) is 0 Å². The summed E-state index contributed by atoms with van der Waals surface area (Å²) in [6.07, 6.45) is 3.41. The average Bonchev–Trinajstić information content (AvgIpc) is 2.82. The lowest BCUT2D eigenvalue weighted by Gasteiger charge is -2.20. The molecule has 0 saturated carbocycles. The average molecular weight is 417 g/mol. The number of ether oxygens (including phenoxy) is 1. The summed E-state index contributed by atoms with van der Waals surface area (Å²) in [5.74, 6) is -0.0455. The standard InChI is InChI=1S/C17H28N3O5PS/c1-10(21)7-18-8-11-9-20(17(27)19-15(11)24)16-14(23)13(22)12(25-16)5-6-26(2,3)4/h9,12-14,16,18,22-23H,2,5-8H2,1,3-4H3,(H,19,24,27)/t12-,13-,14-,16-/m1/s1. The summed E-state index contributed by atoms with van der Waals surface area (Å²) >= 11 is 5.20. The molecule has 152 valence electrons. The van der Waals surface area contributed by atoms with Crippen molar-refractivity contribution in [3.8, 4) is 0 Å². The van der Waals surface area contributed by atoms with Gasteiger partial charge in [-0.1, -0.05) is 0 Å². The van der Waals surface area contributed by atoms with Crippen LogP contribution in [0.1, 0.15) is 25.1 Å². The number of aliphatic hydroxyl groups is 2. The zero-order chi connectivity index (χ0) is 20.4. The van der Waals surface area contributed by atoms with Crippen LogP contribution >= 0.6 is 19.1 Å². The van der Waals surface area contributed by atoms with Crippen molar-refractivity contribution in [3.05, 3.63) is 26.9 Å². The number of ketones is 1. The van der Waals surface area contributed by atoms with Crippen LogP contribution in [0.3, 0.4) is 0 Å². The van der Waals surface area contributed by atoms with Gasteiger partial charge in [0.15, 0.2) is 11.0 Å². The third kappa shape index (κ3) is 5.94. The number of Topliss-reactive ketones (excluding diaryl/α,β-unsaturated/α-hetero) is 1. The molecule has 1 saturated heterocycles. The normalized spacial score (nSPS) is 25.7. The van der Waals surface area contributed by atoms with Gasteiger partial charge in [-0.15, -0.1) is 13.2 Å². The molecular formula is C17H28N3O5PS. The van der Waals surface area contributed by atoms with Crippen LogP contribution in [0.25, 0.3) is 0 Å². The molecule has 1 fully saturated rings. The molecule has 0 aromatic carbocycles. The minimum absolute atomic E-state index is 0.0455. The van der Waals surface area contributed by atoms with Gasteiger partial charge in [-0.25, -0.2) is 0 Å². The van der Waals surface area contributed by atoms with Crippen molar-refractivity contribution in [2.24, 2.45) is 0 Å². The molecule has 0 aliphatic carbocycles. The van der Waals surface area contributed by atoms with Crippen LogP contribution in [0.4, 0.5) is 0 Å². The van der Waals surface area contributed by atoms with Crippen LogP contribution < -0.4 is 10.9 Å². The van der Waals surface area contributed by atoms with E-state index < -0.39 is 31.4 Å². The maximum atomic E-state index is 12.1. The molecule has 2 rings (SSSR count). The van der Waals surface area contributed by atoms with E-state index in [1.807, 2.05) is 0 Å². The Morgan fingerprint density at radius 1 is 1.44 bits per heavy atom. The minimum atomic E-state index is -1.28. The summed E-state index contributed by atoms with van der Waals surface area (Å²) in [4.78, 5) is 25.7. The number of hydrogen-bond donors (Lipinski definition) is 4. The summed E-state index contributed by atoms with van der Waals surface area (Å²) in [6, 6.07) is 0. The molecule has 10 heteroatoms. The summed E-state index contributed by atoms with van der Waals surface area (Å²) in [5, 5.41) is 23.7. The van der Waals surface area contributed by atoms with Crippen LogP contribution in [0.15, 0.2) is 11.0 Å². The second-order valence-electron chi connectivity index (χ2n) is 7.62. The number of carbonyl (C=O) groups is 1. The van der Waals surface area contributed by atoms with Gasteiger partial charge in [0.05, 0.1) is 12.6 Å². The second-order valence-corrected chi connectivity index (χ2v) is 12.3. The monoisotopic (exact) mass is 417 g/mol. The lowest BCUT2D eigenvalue weighted by molar-refractivity contribution is -0.116. The molecular weight excluding hydrogens is 389 g/mol. The van der Waals surface area contributed by atoms with Gasteiger partial charge < -0.3 is 20.3 Å². The molecule has 8 nitrogen and oxygen atoms in total. The first-order chi connectivity index (χ1) is 12.5. The fourth-order valence-corrected chi connectivity index (χ4v) is 4.09. The van der Waals surface area contributed by atoms with E-state index in [1.165, 1.54) is 17.7 Å². The van der Waals surface area contributed by atoms with Crippen LogP contribution in [0, 0.1) is 4.77 Å². The van der Waals surface area contributed by atoms with Crippen molar-refractivity contribution in [3.63, 3.8) is 0 Å². The highest BCUT2D eigenvalue weighted by Crippen LogP contribution is 2.39. The van der Waals surface area contributed by atoms with E-state index in [0.29, 0.717) is 12.0 Å². The Morgan fingerprint density at radius 3 is 2.70 bits per heavy atom. The van der Waals surface area contributed by atoms with Crippen molar-refractivity contribution >= 4 is 31.2 Å². The van der Waals surface area contributed by atoms with Gasteiger partial charge in [0.1, 0.15) is 18.0 Å². The largest absolute Gasteiger partial charge is 0.388 e. The Labute approximate surface area is 163 Å². The first-order valence-corrected chi connectivity index (χ1v) is 12.2. The number of aromatic nitrogens is 2. The van der Waals surface area contributed by atoms with E-state index in [0.717, 1.165) is 6.16 Å². The molecule has 2 heterocycles. The summed E-state index contributed by atoms with van der Waals surface area (Å²) < 4.78 is 7.41. The molecule has 27 heavy (non-hydrogen) atoms. The molecule has 1 aromatic rings. The lowest BCUT2D eigenvalue weighted by atomic mass is 10.1. The number of hydrogen-bond acceptors (Lipinski definition) is 7. The van der Waals surface area contributed by atoms with Gasteiger partial charge in [0.2, 0.25) is 0 Å². The summed E-state index contributed by atoms with van der Waals surface area (Å²) in [5.41, 5.74) is -0.0242. The number of nitrogens with zero attached hydrogens (tertiary/aromatic N) is 1. The lowest BCUT2D eigenvalue weighted by Crippen LogP contribution is -2.33. The predicted molar refractivity (Wildman–Crippen MR) is 110 cm³/mol. The fraction of sp³-hybridized carbons (Fsp3) is 0.647. The van der Waals surface area contributed by atoms with E-state index in [1.54, 1.807) is 0 Å². The molecule has 4 N–H and O–H groups in total. The number of aromatic amines is 1. The molecule has 1 aromatic heterocycles. The summed E-state index contributed by atoms with van der Waals surface area (Å²) in [6.45, 7) is 4.67. The minimum Gasteiger partial charge on any atom is -0.388 e. The molecule has 0 spiro atoms. The van der Waals surface area contributed by atoms with Crippen LogP contribution in [0.2, 0.25) is 0 Å². The molecule has 1 aliphatic rings. The Bertz CT molecular complexity index is 846. The first kappa shape index (κ1) is 22.2. The third-order valence-electron chi connectivity index (χ3n) is 4.36. The molecule has 0 bridgehead atoms. The van der Waals surface area contributed by atoms with E-state index in [4.69, 9.17) is 17.0 Å². The zero-order valence-corrected chi connectivity index (χ0v) is 17.6. The fourth-order valence-electron chi connectivity index (χ4n) is 2.89. The van der Waals surface area contributed by atoms with Gasteiger partial charge in [0, 0.05) is 18.3 Å². The van der Waals surface area contributed by atoms with E-state index in [-0.39, 0.29) is 29.2 Å². The first-order valence-electron chi connectivity index (χ1n) is 8.73. The smallest absolute Gasteiger partial charge is 0.256 e. The molecule has 0 radical (unpaired) electrons. The van der Waals surface area contributed by atoms with Crippen LogP contribution in [-0.2, 0) is 16.1 Å². The number of rotatable bonds is 8. The van der Waals surface area contributed by atoms with Crippen LogP contribution in [-0.4, -0.2) is 76.2 Å².